The minimum absolute atomic E-state index is 0.694. The summed E-state index contributed by atoms with van der Waals surface area (Å²) in [5, 5.41) is 1.93. The summed E-state index contributed by atoms with van der Waals surface area (Å²) < 4.78 is 0. The van der Waals surface area contributed by atoms with Crippen LogP contribution in [0.5, 0.6) is 0 Å². The lowest BCUT2D eigenvalue weighted by molar-refractivity contribution is 0.112. The lowest BCUT2D eigenvalue weighted by Gasteiger charge is -1.66. The molecule has 0 atom stereocenters. The van der Waals surface area contributed by atoms with Crippen molar-refractivity contribution in [2.45, 2.75) is 0 Å². The molecule has 0 unspecified atom stereocenters. The number of carbonyl (C=O) groups is 1. The van der Waals surface area contributed by atoms with E-state index in [1.54, 1.807) is 41.5 Å². The third-order valence-electron chi connectivity index (χ3n) is 1.11. The molecule has 0 bridgehead atoms. The number of rotatable bonds is 1. The van der Waals surface area contributed by atoms with Gasteiger partial charge < -0.3 is 4.98 Å². The zero-order chi connectivity index (χ0) is 8.65. The number of carbonyl (C=O) groups excluding carboxylic acids is 1. The van der Waals surface area contributed by atoms with Crippen LogP contribution >= 0.6 is 11.3 Å². The van der Waals surface area contributed by atoms with Crippen LogP contribution in [0, 0.1) is 0 Å². The fourth-order valence-electron chi connectivity index (χ4n) is 0.586. The summed E-state index contributed by atoms with van der Waals surface area (Å²) >= 11 is 1.60. The molecule has 0 amide bonds. The summed E-state index contributed by atoms with van der Waals surface area (Å²) in [6.07, 6.45) is 5.93. The summed E-state index contributed by atoms with van der Waals surface area (Å²) in [5.74, 6) is 0. The fraction of sp³-hybridized carbons (Fsp3) is 0. The molecule has 0 aliphatic carbocycles. The van der Waals surface area contributed by atoms with Crippen molar-refractivity contribution >= 4 is 17.6 Å². The molecule has 0 aromatic carbocycles. The van der Waals surface area contributed by atoms with Crippen LogP contribution in [0.25, 0.3) is 0 Å². The standard InChI is InChI=1S/C5H5NO.C3H3NS/c7-4-5-1-2-6-3-5;1-2-5-3-4-1/h1-4,6H;1-3H. The first-order valence-electron chi connectivity index (χ1n) is 3.33. The third kappa shape index (κ3) is 3.12. The Morgan fingerprint density at radius 1 is 1.58 bits per heavy atom. The second-order valence-corrected chi connectivity index (χ2v) is 2.69. The van der Waals surface area contributed by atoms with E-state index in [1.165, 1.54) is 0 Å². The van der Waals surface area contributed by atoms with Gasteiger partial charge >= 0.3 is 0 Å². The van der Waals surface area contributed by atoms with E-state index < -0.39 is 0 Å². The summed E-state index contributed by atoms with van der Waals surface area (Å²) in [7, 11) is 0. The van der Waals surface area contributed by atoms with E-state index in [4.69, 9.17) is 0 Å². The molecule has 12 heavy (non-hydrogen) atoms. The number of thiazole rings is 1. The van der Waals surface area contributed by atoms with E-state index in [2.05, 4.69) is 9.97 Å². The van der Waals surface area contributed by atoms with Gasteiger partial charge in [-0.05, 0) is 6.07 Å². The van der Waals surface area contributed by atoms with E-state index in [0.717, 1.165) is 6.29 Å². The third-order valence-corrected chi connectivity index (χ3v) is 1.63. The van der Waals surface area contributed by atoms with E-state index in [1.807, 2.05) is 5.38 Å². The van der Waals surface area contributed by atoms with Gasteiger partial charge in [0.05, 0.1) is 5.51 Å². The first-order chi connectivity index (χ1) is 5.93. The highest BCUT2D eigenvalue weighted by Gasteiger charge is 1.81. The minimum Gasteiger partial charge on any atom is -0.367 e. The van der Waals surface area contributed by atoms with Crippen LogP contribution in [-0.4, -0.2) is 16.3 Å². The van der Waals surface area contributed by atoms with Gasteiger partial charge in [0.15, 0.2) is 6.29 Å². The van der Waals surface area contributed by atoms with Gasteiger partial charge in [-0.25, -0.2) is 0 Å². The maximum absolute atomic E-state index is 9.85. The average molecular weight is 180 g/mol. The number of H-pyrrole nitrogens is 1. The maximum atomic E-state index is 9.85. The molecule has 0 saturated heterocycles. The van der Waals surface area contributed by atoms with Crippen molar-refractivity contribution in [3.05, 3.63) is 41.1 Å². The molecular weight excluding hydrogens is 172 g/mol. The molecule has 3 nitrogen and oxygen atoms in total. The predicted molar refractivity (Wildman–Crippen MR) is 48.3 cm³/mol. The predicted octanol–water partition coefficient (Wildman–Crippen LogP) is 1.97. The van der Waals surface area contributed by atoms with Crippen molar-refractivity contribution < 1.29 is 4.79 Å². The molecule has 2 heterocycles. The molecule has 0 radical (unpaired) electrons. The molecule has 62 valence electrons. The number of nitrogens with one attached hydrogen (secondary N) is 1. The Bertz CT molecular complexity index is 271. The van der Waals surface area contributed by atoms with Crippen LogP contribution in [0.1, 0.15) is 10.4 Å². The Kier molecular flexibility index (Phi) is 3.80. The summed E-state index contributed by atoms with van der Waals surface area (Å²) in [5.41, 5.74) is 2.49. The number of aldehydes is 1. The molecular formula is C8H8N2OS. The number of nitrogens with zero attached hydrogens (tertiary/aromatic N) is 1. The van der Waals surface area contributed by atoms with Crippen LogP contribution in [0.3, 0.4) is 0 Å². The molecule has 2 rings (SSSR count). The van der Waals surface area contributed by atoms with Crippen LogP contribution in [0.4, 0.5) is 0 Å². The van der Waals surface area contributed by atoms with E-state index in [0.29, 0.717) is 5.56 Å². The van der Waals surface area contributed by atoms with Gasteiger partial charge in [-0.2, -0.15) is 0 Å². The number of hydrogen-bond acceptors (Lipinski definition) is 3. The molecule has 4 heteroatoms. The highest BCUT2D eigenvalue weighted by Crippen LogP contribution is 1.87. The van der Waals surface area contributed by atoms with Gasteiger partial charge in [-0.3, -0.25) is 9.78 Å². The SMILES string of the molecule is O=Cc1cc[nH]c1.c1cscn1. The largest absolute Gasteiger partial charge is 0.367 e. The first-order valence-corrected chi connectivity index (χ1v) is 4.28. The lowest BCUT2D eigenvalue weighted by atomic mass is 10.4. The normalized spacial score (nSPS) is 8.33. The van der Waals surface area contributed by atoms with Gasteiger partial charge in [0.1, 0.15) is 0 Å². The van der Waals surface area contributed by atoms with Crippen molar-refractivity contribution in [2.75, 3.05) is 0 Å². The van der Waals surface area contributed by atoms with Crippen molar-refractivity contribution in [3.63, 3.8) is 0 Å². The zero-order valence-electron chi connectivity index (χ0n) is 6.31. The highest BCUT2D eigenvalue weighted by atomic mass is 32.1. The van der Waals surface area contributed by atoms with Crippen molar-refractivity contribution in [1.29, 1.82) is 0 Å². The Morgan fingerprint density at radius 3 is 2.75 bits per heavy atom. The second-order valence-electron chi connectivity index (χ2n) is 1.94. The molecule has 0 spiro atoms. The second kappa shape index (κ2) is 5.26. The van der Waals surface area contributed by atoms with Gasteiger partial charge in [-0.15, -0.1) is 11.3 Å². The molecule has 1 N–H and O–H groups in total. The van der Waals surface area contributed by atoms with Gasteiger partial charge in [0, 0.05) is 29.5 Å². The number of hydrogen-bond donors (Lipinski definition) is 1. The van der Waals surface area contributed by atoms with Crippen LogP contribution in [-0.2, 0) is 0 Å². The molecule has 2 aromatic rings. The molecule has 0 saturated carbocycles. The van der Waals surface area contributed by atoms with Gasteiger partial charge in [0.2, 0.25) is 0 Å². The summed E-state index contributed by atoms with van der Waals surface area (Å²) in [6.45, 7) is 0. The topological polar surface area (TPSA) is 45.8 Å². The number of aromatic amines is 1. The fourth-order valence-corrected chi connectivity index (χ4v) is 0.937. The van der Waals surface area contributed by atoms with Crippen LogP contribution < -0.4 is 0 Å². The molecule has 0 fully saturated rings. The minimum atomic E-state index is 0.694. The average Bonchev–Trinajstić information content (AvgIpc) is 2.81. The Balaban J connectivity index is 0.000000127. The Morgan fingerprint density at radius 2 is 2.50 bits per heavy atom. The Labute approximate surface area is 74.1 Å². The number of aromatic nitrogens is 2. The van der Waals surface area contributed by atoms with E-state index in [-0.39, 0.29) is 0 Å². The zero-order valence-corrected chi connectivity index (χ0v) is 7.12. The molecule has 0 aliphatic rings. The Hall–Kier alpha value is -1.42. The summed E-state index contributed by atoms with van der Waals surface area (Å²) in [4.78, 5) is 16.3. The van der Waals surface area contributed by atoms with Crippen LogP contribution in [0.15, 0.2) is 35.5 Å². The van der Waals surface area contributed by atoms with Gasteiger partial charge in [0.25, 0.3) is 0 Å². The van der Waals surface area contributed by atoms with Crippen molar-refractivity contribution in [2.24, 2.45) is 0 Å². The highest BCUT2D eigenvalue weighted by molar-refractivity contribution is 7.07. The smallest absolute Gasteiger partial charge is 0.151 e. The van der Waals surface area contributed by atoms with Crippen LogP contribution in [0.2, 0.25) is 0 Å². The van der Waals surface area contributed by atoms with Gasteiger partial charge in [-0.1, -0.05) is 0 Å². The first kappa shape index (κ1) is 8.67. The van der Waals surface area contributed by atoms with Crippen molar-refractivity contribution in [1.82, 2.24) is 9.97 Å². The quantitative estimate of drug-likeness (QED) is 0.682. The van der Waals surface area contributed by atoms with E-state index >= 15 is 0 Å². The summed E-state index contributed by atoms with van der Waals surface area (Å²) in [6, 6.07) is 1.72. The lowest BCUT2D eigenvalue weighted by Crippen LogP contribution is -1.66. The van der Waals surface area contributed by atoms with E-state index in [9.17, 15) is 4.79 Å². The van der Waals surface area contributed by atoms with Crippen molar-refractivity contribution in [3.8, 4) is 0 Å². The monoisotopic (exact) mass is 180 g/mol. The maximum Gasteiger partial charge on any atom is 0.151 e. The molecule has 2 aromatic heterocycles. The molecule has 0 aliphatic heterocycles.